The van der Waals surface area contributed by atoms with Crippen LogP contribution in [0.1, 0.15) is 12.0 Å². The number of benzene rings is 1. The number of para-hydroxylation sites is 1. The standard InChI is InChI=1S/C15H19N3O2/c16-13(15(20)18-6-5-11(19)9-18)7-10-8-17-14-4-2-1-3-12(10)14/h1-4,8,11,13,17,19H,5-7,9,16H2/t11-,13-/m1/s1. The Hall–Kier alpha value is -1.85. The number of aromatic amines is 1. The minimum atomic E-state index is -0.556. The van der Waals surface area contributed by atoms with Gasteiger partial charge in [-0.25, -0.2) is 0 Å². The molecule has 1 amide bonds. The van der Waals surface area contributed by atoms with E-state index in [1.54, 1.807) is 4.90 Å². The Morgan fingerprint density at radius 1 is 1.50 bits per heavy atom. The van der Waals surface area contributed by atoms with E-state index in [1.807, 2.05) is 30.5 Å². The zero-order valence-electron chi connectivity index (χ0n) is 11.2. The fourth-order valence-electron chi connectivity index (χ4n) is 2.80. The summed E-state index contributed by atoms with van der Waals surface area (Å²) >= 11 is 0. The number of rotatable bonds is 3. The van der Waals surface area contributed by atoms with Gasteiger partial charge in [-0.1, -0.05) is 18.2 Å². The molecule has 3 rings (SSSR count). The van der Waals surface area contributed by atoms with Crippen molar-refractivity contribution in [1.82, 2.24) is 9.88 Å². The zero-order chi connectivity index (χ0) is 14.1. The van der Waals surface area contributed by atoms with Crippen molar-refractivity contribution in [3.8, 4) is 0 Å². The van der Waals surface area contributed by atoms with Crippen molar-refractivity contribution in [2.24, 2.45) is 5.73 Å². The lowest BCUT2D eigenvalue weighted by Crippen LogP contribution is -2.44. The molecule has 0 aliphatic carbocycles. The van der Waals surface area contributed by atoms with E-state index in [0.717, 1.165) is 16.5 Å². The van der Waals surface area contributed by atoms with Crippen LogP contribution in [0, 0.1) is 0 Å². The summed E-state index contributed by atoms with van der Waals surface area (Å²) in [6.45, 7) is 1.00. The molecule has 1 saturated heterocycles. The maximum Gasteiger partial charge on any atom is 0.239 e. The average molecular weight is 273 g/mol. The highest BCUT2D eigenvalue weighted by Gasteiger charge is 2.28. The van der Waals surface area contributed by atoms with Gasteiger partial charge in [-0.15, -0.1) is 0 Å². The van der Waals surface area contributed by atoms with Gasteiger partial charge < -0.3 is 20.7 Å². The third-order valence-corrected chi connectivity index (χ3v) is 3.91. The predicted molar refractivity (Wildman–Crippen MR) is 77.2 cm³/mol. The molecule has 0 spiro atoms. The quantitative estimate of drug-likeness (QED) is 0.767. The van der Waals surface area contributed by atoms with E-state index in [9.17, 15) is 9.90 Å². The van der Waals surface area contributed by atoms with Crippen molar-refractivity contribution in [2.45, 2.75) is 25.0 Å². The Balaban J connectivity index is 1.72. The van der Waals surface area contributed by atoms with Gasteiger partial charge in [-0.05, 0) is 24.5 Å². The Morgan fingerprint density at radius 2 is 2.30 bits per heavy atom. The number of fused-ring (bicyclic) bond motifs is 1. The van der Waals surface area contributed by atoms with Crippen LogP contribution in [0.25, 0.3) is 10.9 Å². The van der Waals surface area contributed by atoms with Crippen molar-refractivity contribution < 1.29 is 9.90 Å². The third-order valence-electron chi connectivity index (χ3n) is 3.91. The summed E-state index contributed by atoms with van der Waals surface area (Å²) in [6, 6.07) is 7.42. The van der Waals surface area contributed by atoms with Crippen LogP contribution in [0.4, 0.5) is 0 Å². The smallest absolute Gasteiger partial charge is 0.239 e. The number of amides is 1. The number of aliphatic hydroxyl groups excluding tert-OH is 1. The van der Waals surface area contributed by atoms with Crippen LogP contribution < -0.4 is 5.73 Å². The van der Waals surface area contributed by atoms with Crippen LogP contribution >= 0.6 is 0 Å². The molecule has 0 saturated carbocycles. The maximum absolute atomic E-state index is 12.2. The van der Waals surface area contributed by atoms with Crippen LogP contribution in [0.5, 0.6) is 0 Å². The Morgan fingerprint density at radius 3 is 3.05 bits per heavy atom. The summed E-state index contributed by atoms with van der Waals surface area (Å²) in [4.78, 5) is 17.1. The van der Waals surface area contributed by atoms with Crippen LogP contribution in [-0.2, 0) is 11.2 Å². The molecule has 1 aliphatic heterocycles. The topological polar surface area (TPSA) is 82.4 Å². The normalized spacial score (nSPS) is 20.5. The van der Waals surface area contributed by atoms with Gasteiger partial charge in [0.15, 0.2) is 0 Å². The van der Waals surface area contributed by atoms with E-state index in [0.29, 0.717) is 25.9 Å². The monoisotopic (exact) mass is 273 g/mol. The summed E-state index contributed by atoms with van der Waals surface area (Å²) in [5, 5.41) is 10.6. The number of aromatic nitrogens is 1. The number of nitrogens with two attached hydrogens (primary N) is 1. The fraction of sp³-hybridized carbons (Fsp3) is 0.400. The molecule has 1 fully saturated rings. The Kier molecular flexibility index (Phi) is 3.46. The van der Waals surface area contributed by atoms with Crippen molar-refractivity contribution in [1.29, 1.82) is 0 Å². The summed E-state index contributed by atoms with van der Waals surface area (Å²) in [5.41, 5.74) is 8.15. The second kappa shape index (κ2) is 5.26. The van der Waals surface area contributed by atoms with Crippen LogP contribution in [-0.4, -0.2) is 46.1 Å². The SMILES string of the molecule is N[C@H](Cc1c[nH]c2ccccc12)C(=O)N1CC[C@@H](O)C1. The molecule has 2 aromatic rings. The lowest BCUT2D eigenvalue weighted by atomic mass is 10.0. The predicted octanol–water partition coefficient (Wildman–Crippen LogP) is 0.631. The highest BCUT2D eigenvalue weighted by molar-refractivity contribution is 5.86. The number of hydrogen-bond donors (Lipinski definition) is 3. The summed E-state index contributed by atoms with van der Waals surface area (Å²) in [6.07, 6.45) is 2.66. The fourth-order valence-corrected chi connectivity index (χ4v) is 2.80. The third kappa shape index (κ3) is 2.42. The second-order valence-corrected chi connectivity index (χ2v) is 5.40. The number of carbonyl (C=O) groups excluding carboxylic acids is 1. The van der Waals surface area contributed by atoms with Gasteiger partial charge in [0.2, 0.25) is 5.91 Å². The highest BCUT2D eigenvalue weighted by atomic mass is 16.3. The Bertz CT molecular complexity index is 622. The van der Waals surface area contributed by atoms with E-state index in [4.69, 9.17) is 5.73 Å². The molecule has 1 aliphatic rings. The number of nitrogens with one attached hydrogen (secondary N) is 1. The van der Waals surface area contributed by atoms with Gasteiger partial charge in [-0.3, -0.25) is 4.79 Å². The molecule has 20 heavy (non-hydrogen) atoms. The lowest BCUT2D eigenvalue weighted by molar-refractivity contribution is -0.131. The van der Waals surface area contributed by atoms with Crippen molar-refractivity contribution in [2.75, 3.05) is 13.1 Å². The number of carbonyl (C=O) groups is 1. The first-order chi connectivity index (χ1) is 9.65. The molecule has 0 unspecified atom stereocenters. The summed E-state index contributed by atoms with van der Waals surface area (Å²) in [7, 11) is 0. The molecule has 0 bridgehead atoms. The van der Waals surface area contributed by atoms with E-state index < -0.39 is 12.1 Å². The van der Waals surface area contributed by atoms with Gasteiger partial charge in [0.1, 0.15) is 0 Å². The van der Waals surface area contributed by atoms with E-state index in [-0.39, 0.29) is 5.91 Å². The average Bonchev–Trinajstić information content (AvgIpc) is 3.05. The second-order valence-electron chi connectivity index (χ2n) is 5.40. The molecular formula is C15H19N3O2. The number of likely N-dealkylation sites (tertiary alicyclic amines) is 1. The first-order valence-electron chi connectivity index (χ1n) is 6.92. The van der Waals surface area contributed by atoms with Gasteiger partial charge in [0.25, 0.3) is 0 Å². The zero-order valence-corrected chi connectivity index (χ0v) is 11.2. The van der Waals surface area contributed by atoms with Crippen LogP contribution in [0.3, 0.4) is 0 Å². The maximum atomic E-state index is 12.2. The van der Waals surface area contributed by atoms with Crippen molar-refractivity contribution in [3.63, 3.8) is 0 Å². The molecule has 106 valence electrons. The minimum absolute atomic E-state index is 0.0770. The molecule has 0 radical (unpaired) electrons. The molecule has 1 aromatic carbocycles. The summed E-state index contributed by atoms with van der Waals surface area (Å²) < 4.78 is 0. The van der Waals surface area contributed by atoms with E-state index >= 15 is 0 Å². The molecule has 5 nitrogen and oxygen atoms in total. The van der Waals surface area contributed by atoms with Gasteiger partial charge in [0.05, 0.1) is 12.1 Å². The van der Waals surface area contributed by atoms with E-state index in [1.165, 1.54) is 0 Å². The molecule has 4 N–H and O–H groups in total. The molecular weight excluding hydrogens is 254 g/mol. The molecule has 2 atom stereocenters. The Labute approximate surface area is 117 Å². The number of hydrogen-bond acceptors (Lipinski definition) is 3. The first kappa shape index (κ1) is 13.1. The number of H-pyrrole nitrogens is 1. The lowest BCUT2D eigenvalue weighted by Gasteiger charge is -2.20. The number of aliphatic hydroxyl groups is 1. The van der Waals surface area contributed by atoms with Crippen molar-refractivity contribution >= 4 is 16.8 Å². The van der Waals surface area contributed by atoms with Crippen LogP contribution in [0.2, 0.25) is 0 Å². The van der Waals surface area contributed by atoms with Gasteiger partial charge >= 0.3 is 0 Å². The molecule has 1 aromatic heterocycles. The first-order valence-corrected chi connectivity index (χ1v) is 6.92. The minimum Gasteiger partial charge on any atom is -0.391 e. The number of β-amino-alcohol motifs (C(OH)–C–C–N with tert-alkyl or cyclic N) is 1. The molecule has 5 heteroatoms. The molecule has 2 heterocycles. The summed E-state index contributed by atoms with van der Waals surface area (Å²) in [5.74, 6) is -0.0770. The largest absolute Gasteiger partial charge is 0.391 e. The van der Waals surface area contributed by atoms with Gasteiger partial charge in [-0.2, -0.15) is 0 Å². The van der Waals surface area contributed by atoms with Gasteiger partial charge in [0, 0.05) is 30.2 Å². The van der Waals surface area contributed by atoms with E-state index in [2.05, 4.69) is 4.98 Å². The number of nitrogens with zero attached hydrogens (tertiary/aromatic N) is 1. The highest BCUT2D eigenvalue weighted by Crippen LogP contribution is 2.19. The van der Waals surface area contributed by atoms with Crippen molar-refractivity contribution in [3.05, 3.63) is 36.0 Å². The van der Waals surface area contributed by atoms with Crippen LogP contribution in [0.15, 0.2) is 30.5 Å².